The van der Waals surface area contributed by atoms with Crippen LogP contribution in [0.25, 0.3) is 0 Å². The lowest BCUT2D eigenvalue weighted by Crippen LogP contribution is -2.17. The first-order valence-corrected chi connectivity index (χ1v) is 7.63. The van der Waals surface area contributed by atoms with Crippen LogP contribution in [0, 0.1) is 10.1 Å². The summed E-state index contributed by atoms with van der Waals surface area (Å²) in [5.41, 5.74) is 0.119. The predicted octanol–water partition coefficient (Wildman–Crippen LogP) is 4.48. The SMILES string of the molecule is O=C(O)c1cc(OC(F)(F)F)ccc1SCc1cccc([N+](=O)[O-])c1. The Balaban J connectivity index is 2.20. The molecule has 0 radical (unpaired) electrons. The van der Waals surface area contributed by atoms with E-state index in [0.717, 1.165) is 23.9 Å². The number of hydrogen-bond acceptors (Lipinski definition) is 5. The molecule has 0 saturated heterocycles. The molecule has 2 rings (SSSR count). The smallest absolute Gasteiger partial charge is 0.478 e. The van der Waals surface area contributed by atoms with Crippen LogP contribution in [0.3, 0.4) is 0 Å². The number of nitro benzene ring substituents is 1. The molecule has 132 valence electrons. The van der Waals surface area contributed by atoms with E-state index in [1.54, 1.807) is 6.07 Å². The molecule has 10 heteroatoms. The third-order valence-electron chi connectivity index (χ3n) is 2.93. The number of hydrogen-bond donors (Lipinski definition) is 1. The van der Waals surface area contributed by atoms with E-state index in [0.29, 0.717) is 5.56 Å². The Morgan fingerprint density at radius 3 is 2.56 bits per heavy atom. The standard InChI is InChI=1S/C15H10F3NO5S/c16-15(17,18)24-11-4-5-13(12(7-11)14(20)21)25-8-9-2-1-3-10(6-9)19(22)23/h1-7H,8H2,(H,20,21). The molecule has 0 amide bonds. The van der Waals surface area contributed by atoms with Gasteiger partial charge >= 0.3 is 12.3 Å². The van der Waals surface area contributed by atoms with E-state index >= 15 is 0 Å². The first kappa shape index (κ1) is 18.6. The highest BCUT2D eigenvalue weighted by atomic mass is 32.2. The van der Waals surface area contributed by atoms with Crippen LogP contribution in [0.4, 0.5) is 18.9 Å². The van der Waals surface area contributed by atoms with Crippen molar-refractivity contribution >= 4 is 23.4 Å². The Labute approximate surface area is 143 Å². The summed E-state index contributed by atoms with van der Waals surface area (Å²) in [5, 5.41) is 19.9. The minimum atomic E-state index is -4.92. The van der Waals surface area contributed by atoms with Gasteiger partial charge < -0.3 is 9.84 Å². The quantitative estimate of drug-likeness (QED) is 0.456. The van der Waals surface area contributed by atoms with Gasteiger partial charge in [0.25, 0.3) is 5.69 Å². The lowest BCUT2D eigenvalue weighted by Gasteiger charge is -2.11. The molecule has 0 aromatic heterocycles. The van der Waals surface area contributed by atoms with Gasteiger partial charge in [0.05, 0.1) is 10.5 Å². The molecule has 0 spiro atoms. The lowest BCUT2D eigenvalue weighted by atomic mass is 10.2. The third-order valence-corrected chi connectivity index (χ3v) is 4.08. The second kappa shape index (κ2) is 7.43. The van der Waals surface area contributed by atoms with E-state index in [2.05, 4.69) is 4.74 Å². The van der Waals surface area contributed by atoms with Crippen molar-refractivity contribution in [2.45, 2.75) is 17.0 Å². The van der Waals surface area contributed by atoms with Crippen molar-refractivity contribution in [1.29, 1.82) is 0 Å². The molecule has 0 heterocycles. The number of aromatic carboxylic acids is 1. The van der Waals surface area contributed by atoms with Crippen LogP contribution in [-0.4, -0.2) is 22.4 Å². The molecule has 0 bridgehead atoms. The summed E-state index contributed by atoms with van der Waals surface area (Å²) in [5.74, 6) is -1.83. The minimum absolute atomic E-state index is 0.106. The molecular weight excluding hydrogens is 363 g/mol. The van der Waals surface area contributed by atoms with Crippen molar-refractivity contribution in [2.75, 3.05) is 0 Å². The number of carboxylic acids is 1. The third kappa shape index (κ3) is 5.38. The second-order valence-electron chi connectivity index (χ2n) is 4.73. The highest BCUT2D eigenvalue weighted by Crippen LogP contribution is 2.32. The van der Waals surface area contributed by atoms with Crippen LogP contribution in [0.15, 0.2) is 47.4 Å². The fraction of sp³-hybridized carbons (Fsp3) is 0.133. The highest BCUT2D eigenvalue weighted by Gasteiger charge is 2.31. The van der Waals surface area contributed by atoms with Crippen LogP contribution in [0.5, 0.6) is 5.75 Å². The van der Waals surface area contributed by atoms with Crippen LogP contribution in [0.2, 0.25) is 0 Å². The predicted molar refractivity (Wildman–Crippen MR) is 82.7 cm³/mol. The fourth-order valence-corrected chi connectivity index (χ4v) is 2.89. The second-order valence-corrected chi connectivity index (χ2v) is 5.74. The molecule has 0 aliphatic carbocycles. The number of nitro groups is 1. The van der Waals surface area contributed by atoms with Crippen molar-refractivity contribution < 1.29 is 32.7 Å². The van der Waals surface area contributed by atoms with Crippen molar-refractivity contribution in [1.82, 2.24) is 0 Å². The molecule has 0 aliphatic rings. The highest BCUT2D eigenvalue weighted by molar-refractivity contribution is 7.98. The van der Waals surface area contributed by atoms with E-state index in [1.165, 1.54) is 24.3 Å². The van der Waals surface area contributed by atoms with Gasteiger partial charge in [-0.15, -0.1) is 24.9 Å². The molecule has 0 atom stereocenters. The summed E-state index contributed by atoms with van der Waals surface area (Å²) >= 11 is 1.04. The summed E-state index contributed by atoms with van der Waals surface area (Å²) in [7, 11) is 0. The Hall–Kier alpha value is -2.75. The summed E-state index contributed by atoms with van der Waals surface area (Å²) in [6, 6.07) is 8.77. The molecule has 2 aromatic carbocycles. The van der Waals surface area contributed by atoms with Gasteiger partial charge in [-0.2, -0.15) is 0 Å². The molecular formula is C15H10F3NO5S. The summed E-state index contributed by atoms with van der Waals surface area (Å²) in [4.78, 5) is 21.7. The van der Waals surface area contributed by atoms with Gasteiger partial charge in [0.1, 0.15) is 5.75 Å². The van der Waals surface area contributed by atoms with Crippen molar-refractivity contribution in [3.8, 4) is 5.75 Å². The molecule has 25 heavy (non-hydrogen) atoms. The molecule has 0 fully saturated rings. The Bertz CT molecular complexity index is 810. The van der Waals surface area contributed by atoms with E-state index in [9.17, 15) is 28.1 Å². The number of rotatable bonds is 6. The lowest BCUT2D eigenvalue weighted by molar-refractivity contribution is -0.384. The number of ether oxygens (including phenoxy) is 1. The zero-order valence-electron chi connectivity index (χ0n) is 12.3. The van der Waals surface area contributed by atoms with E-state index < -0.39 is 23.0 Å². The maximum absolute atomic E-state index is 12.2. The van der Waals surface area contributed by atoms with Gasteiger partial charge in [-0.05, 0) is 23.8 Å². The average molecular weight is 373 g/mol. The monoisotopic (exact) mass is 373 g/mol. The number of nitrogens with zero attached hydrogens (tertiary/aromatic N) is 1. The van der Waals surface area contributed by atoms with Crippen molar-refractivity contribution in [3.05, 3.63) is 63.7 Å². The summed E-state index contributed by atoms with van der Waals surface area (Å²) < 4.78 is 40.4. The first-order valence-electron chi connectivity index (χ1n) is 6.65. The Kier molecular flexibility index (Phi) is 5.52. The normalized spacial score (nSPS) is 11.2. The van der Waals surface area contributed by atoms with Crippen molar-refractivity contribution in [2.24, 2.45) is 0 Å². The molecule has 6 nitrogen and oxygen atoms in total. The number of halogens is 3. The van der Waals surface area contributed by atoms with Crippen LogP contribution in [-0.2, 0) is 5.75 Å². The Morgan fingerprint density at radius 1 is 1.24 bits per heavy atom. The van der Waals surface area contributed by atoms with Gasteiger partial charge in [-0.25, -0.2) is 4.79 Å². The zero-order chi connectivity index (χ0) is 18.6. The number of carbonyl (C=O) groups is 1. The van der Waals surface area contributed by atoms with Gasteiger partial charge in [-0.1, -0.05) is 12.1 Å². The first-order chi connectivity index (χ1) is 11.7. The Morgan fingerprint density at radius 2 is 1.96 bits per heavy atom. The molecule has 0 aliphatic heterocycles. The molecule has 1 N–H and O–H groups in total. The molecule has 0 unspecified atom stereocenters. The van der Waals surface area contributed by atoms with Gasteiger partial charge in [0.2, 0.25) is 0 Å². The van der Waals surface area contributed by atoms with Gasteiger partial charge in [0.15, 0.2) is 0 Å². The van der Waals surface area contributed by atoms with Crippen LogP contribution < -0.4 is 4.74 Å². The minimum Gasteiger partial charge on any atom is -0.478 e. The van der Waals surface area contributed by atoms with Crippen LogP contribution in [0.1, 0.15) is 15.9 Å². The summed E-state index contributed by atoms with van der Waals surface area (Å²) in [6.45, 7) is 0. The van der Waals surface area contributed by atoms with E-state index in [4.69, 9.17) is 5.11 Å². The maximum Gasteiger partial charge on any atom is 0.573 e. The number of thioether (sulfide) groups is 1. The number of non-ortho nitro benzene ring substituents is 1. The maximum atomic E-state index is 12.2. The number of benzene rings is 2. The van der Waals surface area contributed by atoms with Gasteiger partial charge in [-0.3, -0.25) is 10.1 Å². The van der Waals surface area contributed by atoms with E-state index in [-0.39, 0.29) is 21.9 Å². The van der Waals surface area contributed by atoms with E-state index in [1.807, 2.05) is 0 Å². The molecule has 2 aromatic rings. The van der Waals surface area contributed by atoms with Crippen LogP contribution >= 0.6 is 11.8 Å². The van der Waals surface area contributed by atoms with Crippen molar-refractivity contribution in [3.63, 3.8) is 0 Å². The topological polar surface area (TPSA) is 89.7 Å². The summed E-state index contributed by atoms with van der Waals surface area (Å²) in [6.07, 6.45) is -4.92. The average Bonchev–Trinajstić information content (AvgIpc) is 2.52. The number of carboxylic acid groups (broad SMARTS) is 1. The number of alkyl halides is 3. The largest absolute Gasteiger partial charge is 0.573 e. The fourth-order valence-electron chi connectivity index (χ4n) is 1.92. The molecule has 0 saturated carbocycles. The van der Waals surface area contributed by atoms with Gasteiger partial charge in [0, 0.05) is 22.8 Å². The zero-order valence-corrected chi connectivity index (χ0v) is 13.1.